The summed E-state index contributed by atoms with van der Waals surface area (Å²) in [5.74, 6) is 1.40. The zero-order valence-electron chi connectivity index (χ0n) is 12.2. The summed E-state index contributed by atoms with van der Waals surface area (Å²) in [6.07, 6.45) is 3.22. The zero-order valence-corrected chi connectivity index (χ0v) is 12.2. The van der Waals surface area contributed by atoms with Gasteiger partial charge in [-0.1, -0.05) is 41.5 Å². The van der Waals surface area contributed by atoms with Gasteiger partial charge in [0.15, 0.2) is 5.78 Å². The second-order valence-corrected chi connectivity index (χ2v) is 6.03. The number of rotatable bonds is 7. The van der Waals surface area contributed by atoms with Crippen LogP contribution in [0.3, 0.4) is 0 Å². The number of carbonyl (C=O) groups excluding carboxylic acids is 1. The van der Waals surface area contributed by atoms with Gasteiger partial charge in [0, 0.05) is 17.9 Å². The van der Waals surface area contributed by atoms with Gasteiger partial charge in [-0.15, -0.1) is 0 Å². The maximum absolute atomic E-state index is 11.8. The van der Waals surface area contributed by atoms with Gasteiger partial charge in [-0.25, -0.2) is 0 Å². The van der Waals surface area contributed by atoms with Crippen molar-refractivity contribution >= 4 is 5.78 Å². The SMILES string of the molecule is CC(C)CC(C)C(=O)C=C(O)C(C)CC(C)C. The molecular weight excluding hydrogens is 212 g/mol. The normalized spacial score (nSPS) is 16.4. The van der Waals surface area contributed by atoms with Crippen molar-refractivity contribution in [2.45, 2.75) is 54.4 Å². The van der Waals surface area contributed by atoms with E-state index in [9.17, 15) is 9.90 Å². The van der Waals surface area contributed by atoms with E-state index in [-0.39, 0.29) is 23.4 Å². The molecule has 0 aromatic heterocycles. The number of aliphatic hydroxyl groups is 1. The molecule has 0 bridgehead atoms. The van der Waals surface area contributed by atoms with Crippen molar-refractivity contribution in [3.63, 3.8) is 0 Å². The van der Waals surface area contributed by atoms with Crippen molar-refractivity contribution in [2.75, 3.05) is 0 Å². The summed E-state index contributed by atoms with van der Waals surface area (Å²) < 4.78 is 0. The molecule has 0 fully saturated rings. The molecule has 1 N–H and O–H groups in total. The molecule has 0 spiro atoms. The van der Waals surface area contributed by atoms with E-state index in [4.69, 9.17) is 0 Å². The Morgan fingerprint density at radius 1 is 0.941 bits per heavy atom. The van der Waals surface area contributed by atoms with E-state index in [1.165, 1.54) is 6.08 Å². The molecule has 0 aromatic rings. The molecule has 2 heteroatoms. The van der Waals surface area contributed by atoms with Gasteiger partial charge in [-0.2, -0.15) is 0 Å². The lowest BCUT2D eigenvalue weighted by atomic mass is 9.92. The Kier molecular flexibility index (Phi) is 7.17. The molecule has 0 saturated carbocycles. The average Bonchev–Trinajstić information content (AvgIpc) is 2.15. The molecule has 0 aliphatic carbocycles. The Hall–Kier alpha value is -0.790. The van der Waals surface area contributed by atoms with Crippen LogP contribution in [0.4, 0.5) is 0 Å². The van der Waals surface area contributed by atoms with Gasteiger partial charge in [0.25, 0.3) is 0 Å². The van der Waals surface area contributed by atoms with Gasteiger partial charge in [-0.3, -0.25) is 4.79 Å². The van der Waals surface area contributed by atoms with E-state index in [2.05, 4.69) is 27.7 Å². The summed E-state index contributed by atoms with van der Waals surface area (Å²) in [4.78, 5) is 11.8. The minimum absolute atomic E-state index is 0.00315. The fourth-order valence-electron chi connectivity index (χ4n) is 2.08. The number of allylic oxidation sites excluding steroid dienone is 2. The largest absolute Gasteiger partial charge is 0.512 e. The van der Waals surface area contributed by atoms with E-state index in [0.717, 1.165) is 12.8 Å². The van der Waals surface area contributed by atoms with E-state index >= 15 is 0 Å². The van der Waals surface area contributed by atoms with Crippen molar-refractivity contribution in [1.82, 2.24) is 0 Å². The summed E-state index contributed by atoms with van der Waals surface area (Å²) in [6, 6.07) is 0. The third-order valence-electron chi connectivity index (χ3n) is 2.93. The predicted molar refractivity (Wildman–Crippen MR) is 73.0 cm³/mol. The van der Waals surface area contributed by atoms with Gasteiger partial charge < -0.3 is 5.11 Å². The average molecular weight is 240 g/mol. The number of hydrogen-bond acceptors (Lipinski definition) is 2. The van der Waals surface area contributed by atoms with Gasteiger partial charge in [0.2, 0.25) is 0 Å². The van der Waals surface area contributed by atoms with E-state index < -0.39 is 0 Å². The lowest BCUT2D eigenvalue weighted by Gasteiger charge is -2.14. The van der Waals surface area contributed by atoms with E-state index in [0.29, 0.717) is 11.8 Å². The van der Waals surface area contributed by atoms with Crippen LogP contribution in [-0.2, 0) is 4.79 Å². The predicted octanol–water partition coefficient (Wildman–Crippen LogP) is 4.36. The van der Waals surface area contributed by atoms with Crippen LogP contribution >= 0.6 is 0 Å². The molecule has 0 aliphatic rings. The Balaban J connectivity index is 4.41. The van der Waals surface area contributed by atoms with Crippen molar-refractivity contribution in [3.8, 4) is 0 Å². The summed E-state index contributed by atoms with van der Waals surface area (Å²) in [5, 5.41) is 9.86. The van der Waals surface area contributed by atoms with E-state index in [1.54, 1.807) is 0 Å². The standard InChI is InChI=1S/C15H28O2/c1-10(2)7-12(5)14(16)9-15(17)13(6)8-11(3)4/h9-13,16H,7-8H2,1-6H3. The Morgan fingerprint density at radius 3 is 1.76 bits per heavy atom. The van der Waals surface area contributed by atoms with Gasteiger partial charge >= 0.3 is 0 Å². The fourth-order valence-corrected chi connectivity index (χ4v) is 2.08. The summed E-state index contributed by atoms with van der Waals surface area (Å²) in [7, 11) is 0. The third kappa shape index (κ3) is 7.19. The van der Waals surface area contributed by atoms with Crippen LogP contribution in [-0.4, -0.2) is 10.9 Å². The molecule has 100 valence electrons. The zero-order chi connectivity index (χ0) is 13.6. The van der Waals surface area contributed by atoms with Crippen LogP contribution < -0.4 is 0 Å². The van der Waals surface area contributed by atoms with Crippen LogP contribution in [0.15, 0.2) is 11.8 Å². The van der Waals surface area contributed by atoms with Crippen LogP contribution in [0.2, 0.25) is 0 Å². The lowest BCUT2D eigenvalue weighted by molar-refractivity contribution is -0.118. The quantitative estimate of drug-likeness (QED) is 0.530. The molecule has 2 nitrogen and oxygen atoms in total. The second-order valence-electron chi connectivity index (χ2n) is 6.03. The Bertz CT molecular complexity index is 264. The molecular formula is C15H28O2. The maximum atomic E-state index is 11.8. The minimum atomic E-state index is 0.00315. The Labute approximate surface area is 106 Å². The minimum Gasteiger partial charge on any atom is -0.512 e. The molecule has 0 heterocycles. The molecule has 17 heavy (non-hydrogen) atoms. The van der Waals surface area contributed by atoms with Crippen molar-refractivity contribution in [3.05, 3.63) is 11.8 Å². The first-order chi connectivity index (χ1) is 7.73. The van der Waals surface area contributed by atoms with Crippen LogP contribution in [0.5, 0.6) is 0 Å². The van der Waals surface area contributed by atoms with Gasteiger partial charge in [0.1, 0.15) is 0 Å². The van der Waals surface area contributed by atoms with Crippen LogP contribution in [0, 0.1) is 23.7 Å². The first-order valence-electron chi connectivity index (χ1n) is 6.68. The topological polar surface area (TPSA) is 37.3 Å². The molecule has 2 atom stereocenters. The highest BCUT2D eigenvalue weighted by atomic mass is 16.3. The van der Waals surface area contributed by atoms with Crippen molar-refractivity contribution in [1.29, 1.82) is 0 Å². The number of aliphatic hydroxyl groups excluding tert-OH is 1. The monoisotopic (exact) mass is 240 g/mol. The second kappa shape index (κ2) is 7.52. The lowest BCUT2D eigenvalue weighted by Crippen LogP contribution is -2.13. The molecule has 2 unspecified atom stereocenters. The molecule has 0 rings (SSSR count). The van der Waals surface area contributed by atoms with Gasteiger partial charge in [-0.05, 0) is 24.7 Å². The highest BCUT2D eigenvalue weighted by molar-refractivity contribution is 5.91. The molecule has 0 saturated heterocycles. The highest BCUT2D eigenvalue weighted by Crippen LogP contribution is 2.19. The smallest absolute Gasteiger partial charge is 0.161 e. The van der Waals surface area contributed by atoms with Crippen molar-refractivity contribution in [2.24, 2.45) is 23.7 Å². The number of hydrogen-bond donors (Lipinski definition) is 1. The molecule has 0 radical (unpaired) electrons. The van der Waals surface area contributed by atoms with Crippen molar-refractivity contribution < 1.29 is 9.90 Å². The van der Waals surface area contributed by atoms with E-state index in [1.807, 2.05) is 13.8 Å². The van der Waals surface area contributed by atoms with Crippen LogP contribution in [0.1, 0.15) is 54.4 Å². The maximum Gasteiger partial charge on any atom is 0.161 e. The summed E-state index contributed by atoms with van der Waals surface area (Å²) in [5.41, 5.74) is 0. The number of ketones is 1. The number of carbonyl (C=O) groups is 1. The van der Waals surface area contributed by atoms with Gasteiger partial charge in [0.05, 0.1) is 5.76 Å². The fraction of sp³-hybridized carbons (Fsp3) is 0.800. The molecule has 0 aromatic carbocycles. The summed E-state index contributed by atoms with van der Waals surface area (Å²) in [6.45, 7) is 12.3. The molecule has 0 aliphatic heterocycles. The first-order valence-corrected chi connectivity index (χ1v) is 6.68. The summed E-state index contributed by atoms with van der Waals surface area (Å²) >= 11 is 0. The highest BCUT2D eigenvalue weighted by Gasteiger charge is 2.16. The Morgan fingerprint density at radius 2 is 1.35 bits per heavy atom. The molecule has 0 amide bonds. The first kappa shape index (κ1) is 16.2. The third-order valence-corrected chi connectivity index (χ3v) is 2.93. The van der Waals surface area contributed by atoms with Crippen LogP contribution in [0.25, 0.3) is 0 Å².